The van der Waals surface area contributed by atoms with Crippen LogP contribution in [0, 0.1) is 6.92 Å². The Morgan fingerprint density at radius 1 is 0.974 bits per heavy atom. The molecule has 2 heterocycles. The Morgan fingerprint density at radius 2 is 1.74 bits per heavy atom. The Hall–Kier alpha value is -3.84. The van der Waals surface area contributed by atoms with Gasteiger partial charge in [-0.1, -0.05) is 61.0 Å². The van der Waals surface area contributed by atoms with Crippen LogP contribution in [0.3, 0.4) is 0 Å². The predicted octanol–water partition coefficient (Wildman–Crippen LogP) is 6.07. The second-order valence-electron chi connectivity index (χ2n) is 10.5. The molecule has 0 aromatic heterocycles. The number of nitrogens with zero attached hydrogens (tertiary/aromatic N) is 2. The van der Waals surface area contributed by atoms with Crippen LogP contribution < -0.4 is 15.5 Å². The molecule has 0 saturated carbocycles. The summed E-state index contributed by atoms with van der Waals surface area (Å²) in [6.07, 6.45) is 1.87. The van der Waals surface area contributed by atoms with E-state index < -0.39 is 5.97 Å². The number of piperazine rings is 1. The van der Waals surface area contributed by atoms with Crippen molar-refractivity contribution >= 4 is 29.1 Å². The number of carbonyl (C=O) groups is 2. The molecule has 7 nitrogen and oxygen atoms in total. The maximum absolute atomic E-state index is 13.0. The molecule has 38 heavy (non-hydrogen) atoms. The molecular formula is C31H36N4O3. The quantitative estimate of drug-likeness (QED) is 0.324. The van der Waals surface area contributed by atoms with E-state index in [2.05, 4.69) is 50.8 Å². The third-order valence-corrected chi connectivity index (χ3v) is 7.86. The number of carbonyl (C=O) groups excluding carboxylic acids is 1. The van der Waals surface area contributed by atoms with E-state index in [1.165, 1.54) is 5.56 Å². The first-order chi connectivity index (χ1) is 18.4. The van der Waals surface area contributed by atoms with Crippen molar-refractivity contribution in [1.29, 1.82) is 0 Å². The molecule has 3 aromatic rings. The molecule has 3 aromatic carbocycles. The van der Waals surface area contributed by atoms with Gasteiger partial charge in [-0.3, -0.25) is 9.69 Å². The first-order valence-corrected chi connectivity index (χ1v) is 13.4. The number of aliphatic carboxylic acids is 1. The Kier molecular flexibility index (Phi) is 7.65. The van der Waals surface area contributed by atoms with Crippen LogP contribution in [0.1, 0.15) is 48.8 Å². The molecule has 5 rings (SSSR count). The molecule has 2 fully saturated rings. The number of aryl methyl sites for hydroxylation is 1. The van der Waals surface area contributed by atoms with E-state index in [1.54, 1.807) is 0 Å². The largest absolute Gasteiger partial charge is 0.481 e. The molecule has 3 atom stereocenters. The molecule has 2 aliphatic heterocycles. The number of likely N-dealkylation sites (tertiary alicyclic amines) is 1. The van der Waals surface area contributed by atoms with Crippen LogP contribution >= 0.6 is 0 Å². The van der Waals surface area contributed by atoms with Crippen molar-refractivity contribution in [3.8, 4) is 0 Å². The lowest BCUT2D eigenvalue weighted by atomic mass is 9.92. The highest BCUT2D eigenvalue weighted by Crippen LogP contribution is 2.40. The van der Waals surface area contributed by atoms with Crippen LogP contribution in [0.5, 0.6) is 0 Å². The molecule has 2 bridgehead atoms. The Morgan fingerprint density at radius 3 is 2.39 bits per heavy atom. The highest BCUT2D eigenvalue weighted by molar-refractivity contribution is 6.02. The fourth-order valence-corrected chi connectivity index (χ4v) is 5.84. The molecule has 7 heteroatoms. The molecular weight excluding hydrogens is 476 g/mol. The molecule has 2 amide bonds. The molecule has 198 valence electrons. The normalized spacial score (nSPS) is 19.4. The third kappa shape index (κ3) is 5.83. The van der Waals surface area contributed by atoms with Gasteiger partial charge in [0.15, 0.2) is 0 Å². The minimum Gasteiger partial charge on any atom is -0.481 e. The van der Waals surface area contributed by atoms with Gasteiger partial charge >= 0.3 is 12.0 Å². The fourth-order valence-electron chi connectivity index (χ4n) is 5.84. The van der Waals surface area contributed by atoms with E-state index in [0.717, 1.165) is 54.2 Å². The number of rotatable bonds is 9. The lowest BCUT2D eigenvalue weighted by Gasteiger charge is -2.36. The zero-order valence-electron chi connectivity index (χ0n) is 22.1. The number of carboxylic acids is 1. The SMILES string of the molecule is CCC(CC(=O)O)c1ccc(N2C[C@@H]3C[C@H]2CN3Cc2ccccc2)c(NC(=O)Nc2ccc(C)cc2)c1. The van der Waals surface area contributed by atoms with Crippen LogP contribution in [-0.4, -0.2) is 47.2 Å². The maximum atomic E-state index is 13.0. The van der Waals surface area contributed by atoms with Crippen molar-refractivity contribution < 1.29 is 14.7 Å². The van der Waals surface area contributed by atoms with Crippen molar-refractivity contribution in [2.24, 2.45) is 0 Å². The standard InChI is InChI=1S/C31H36N4O3/c1-3-23(16-30(36)37)24-11-14-29(28(15-24)33-31(38)32-25-12-9-21(2)10-13-25)35-20-26-17-27(35)19-34(26)18-22-7-5-4-6-8-22/h4-15,23,26-27H,3,16-20H2,1-2H3,(H,36,37)(H2,32,33,38)/t23?,26-,27-/m0/s1. The van der Waals surface area contributed by atoms with Gasteiger partial charge in [-0.15, -0.1) is 0 Å². The van der Waals surface area contributed by atoms with Gasteiger partial charge in [0.1, 0.15) is 0 Å². The van der Waals surface area contributed by atoms with Crippen molar-refractivity contribution in [2.45, 2.75) is 57.7 Å². The molecule has 0 spiro atoms. The maximum Gasteiger partial charge on any atom is 0.323 e. The molecule has 0 radical (unpaired) electrons. The number of benzene rings is 3. The Labute approximate surface area is 224 Å². The topological polar surface area (TPSA) is 84.9 Å². The smallest absolute Gasteiger partial charge is 0.323 e. The van der Waals surface area contributed by atoms with Gasteiger partial charge in [-0.05, 0) is 61.1 Å². The molecule has 3 N–H and O–H groups in total. The lowest BCUT2D eigenvalue weighted by molar-refractivity contribution is -0.137. The van der Waals surface area contributed by atoms with E-state index in [-0.39, 0.29) is 18.4 Å². The monoisotopic (exact) mass is 512 g/mol. The lowest BCUT2D eigenvalue weighted by Crippen LogP contribution is -2.46. The van der Waals surface area contributed by atoms with Gasteiger partial charge in [-0.2, -0.15) is 0 Å². The second kappa shape index (κ2) is 11.3. The highest BCUT2D eigenvalue weighted by atomic mass is 16.4. The van der Waals surface area contributed by atoms with Gasteiger partial charge in [0, 0.05) is 37.4 Å². The average molecular weight is 513 g/mol. The Bertz CT molecular complexity index is 1280. The van der Waals surface area contributed by atoms with Crippen molar-refractivity contribution in [3.63, 3.8) is 0 Å². The van der Waals surface area contributed by atoms with Crippen LogP contribution in [0.25, 0.3) is 0 Å². The van der Waals surface area contributed by atoms with Gasteiger partial charge < -0.3 is 20.6 Å². The molecule has 1 unspecified atom stereocenters. The predicted molar refractivity (Wildman–Crippen MR) is 152 cm³/mol. The summed E-state index contributed by atoms with van der Waals surface area (Å²) < 4.78 is 0. The number of carboxylic acid groups (broad SMARTS) is 1. The summed E-state index contributed by atoms with van der Waals surface area (Å²) >= 11 is 0. The number of hydrogen-bond donors (Lipinski definition) is 3. The van der Waals surface area contributed by atoms with Crippen LogP contribution in [0.4, 0.5) is 21.9 Å². The average Bonchev–Trinajstić information content (AvgIpc) is 3.50. The third-order valence-electron chi connectivity index (χ3n) is 7.86. The van der Waals surface area contributed by atoms with Gasteiger partial charge in [0.2, 0.25) is 0 Å². The zero-order valence-corrected chi connectivity index (χ0v) is 22.1. The number of urea groups is 1. The van der Waals surface area contributed by atoms with E-state index >= 15 is 0 Å². The van der Waals surface area contributed by atoms with Crippen LogP contribution in [0.15, 0.2) is 72.8 Å². The summed E-state index contributed by atoms with van der Waals surface area (Å²) in [5, 5.41) is 15.4. The number of anilines is 3. The number of amides is 2. The minimum absolute atomic E-state index is 0.0632. The number of hydrogen-bond acceptors (Lipinski definition) is 4. The molecule has 2 saturated heterocycles. The fraction of sp³-hybridized carbons (Fsp3) is 0.355. The van der Waals surface area contributed by atoms with Crippen LogP contribution in [-0.2, 0) is 11.3 Å². The minimum atomic E-state index is -0.817. The first kappa shape index (κ1) is 25.8. The summed E-state index contributed by atoms with van der Waals surface area (Å²) in [4.78, 5) is 29.5. The highest BCUT2D eigenvalue weighted by Gasteiger charge is 2.43. The summed E-state index contributed by atoms with van der Waals surface area (Å²) in [5.74, 6) is -0.929. The van der Waals surface area contributed by atoms with Crippen molar-refractivity contribution in [2.75, 3.05) is 28.6 Å². The first-order valence-electron chi connectivity index (χ1n) is 13.4. The summed E-state index contributed by atoms with van der Waals surface area (Å²) in [7, 11) is 0. The summed E-state index contributed by atoms with van der Waals surface area (Å²) in [5.41, 5.74) is 5.82. The van der Waals surface area contributed by atoms with Crippen LogP contribution in [0.2, 0.25) is 0 Å². The number of fused-ring (bicyclic) bond motifs is 2. The van der Waals surface area contributed by atoms with Gasteiger partial charge in [-0.25, -0.2) is 4.79 Å². The summed E-state index contributed by atoms with van der Waals surface area (Å²) in [6.45, 7) is 6.84. The van der Waals surface area contributed by atoms with E-state index in [9.17, 15) is 14.7 Å². The second-order valence-corrected chi connectivity index (χ2v) is 10.5. The van der Waals surface area contributed by atoms with E-state index in [0.29, 0.717) is 18.5 Å². The Balaban J connectivity index is 1.36. The van der Waals surface area contributed by atoms with Gasteiger partial charge in [0.05, 0.1) is 17.8 Å². The molecule has 0 aliphatic carbocycles. The number of nitrogens with one attached hydrogen (secondary N) is 2. The van der Waals surface area contributed by atoms with E-state index in [4.69, 9.17) is 0 Å². The van der Waals surface area contributed by atoms with Gasteiger partial charge in [0.25, 0.3) is 0 Å². The van der Waals surface area contributed by atoms with E-state index in [1.807, 2.05) is 56.3 Å². The van der Waals surface area contributed by atoms with Crippen molar-refractivity contribution in [3.05, 3.63) is 89.5 Å². The zero-order chi connectivity index (χ0) is 26.6. The summed E-state index contributed by atoms with van der Waals surface area (Å²) in [6, 6.07) is 24.8. The molecule has 2 aliphatic rings. The van der Waals surface area contributed by atoms with Crippen molar-refractivity contribution in [1.82, 2.24) is 4.90 Å².